The van der Waals surface area contributed by atoms with E-state index in [1.54, 1.807) is 7.11 Å². The number of rotatable bonds is 5. The van der Waals surface area contributed by atoms with Gasteiger partial charge in [-0.25, -0.2) is 0 Å². The molecule has 2 aromatic rings. The number of methoxy groups -OCH3 is 1. The molecule has 2 aliphatic rings. The molecule has 0 N–H and O–H groups in total. The minimum absolute atomic E-state index is 0.206. The van der Waals surface area contributed by atoms with Gasteiger partial charge in [-0.2, -0.15) is 0 Å². The van der Waals surface area contributed by atoms with Crippen LogP contribution in [0.2, 0.25) is 0 Å². The van der Waals surface area contributed by atoms with E-state index < -0.39 is 0 Å². The molecular formula is C27H33NO3. The van der Waals surface area contributed by atoms with Crippen LogP contribution in [0.25, 0.3) is 5.57 Å². The van der Waals surface area contributed by atoms with Gasteiger partial charge < -0.3 is 14.4 Å². The van der Waals surface area contributed by atoms with E-state index in [4.69, 9.17) is 9.47 Å². The highest BCUT2D eigenvalue weighted by atomic mass is 16.5. The highest BCUT2D eigenvalue weighted by molar-refractivity contribution is 6.03. The van der Waals surface area contributed by atoms with E-state index in [-0.39, 0.29) is 23.9 Å². The summed E-state index contributed by atoms with van der Waals surface area (Å²) in [6.45, 7) is 8.22. The maximum absolute atomic E-state index is 12.9. The number of ketones is 1. The van der Waals surface area contributed by atoms with Gasteiger partial charge in [-0.3, -0.25) is 4.79 Å². The van der Waals surface area contributed by atoms with Crippen molar-refractivity contribution in [1.29, 1.82) is 0 Å². The van der Waals surface area contributed by atoms with Crippen LogP contribution in [-0.4, -0.2) is 38.2 Å². The Hall–Kier alpha value is -2.59. The standard InChI is InChI=1S/C27H33NO3/c1-18-14-22(15-25(29)24-6-5-7-26(30-4)27(18)24)9-8-21-10-12-23(13-11-21)28-16-19(2)31-20(3)17-28/h5-7,10-14,19-20,22H,8-9,15-17H2,1-4H3/t19-,20+,22?. The van der Waals surface area contributed by atoms with Crippen molar-refractivity contribution in [3.8, 4) is 5.75 Å². The SMILES string of the molecule is COc1cccc2c1C(C)=CC(CCc1ccc(N3C[C@@H](C)O[C@@H](C)C3)cc1)CC2=O. The number of Topliss-reactive ketones (excluding diaryl/α,β-unsaturated/α-hetero) is 1. The molecule has 4 nitrogen and oxygen atoms in total. The van der Waals surface area contributed by atoms with Crippen LogP contribution in [0, 0.1) is 5.92 Å². The zero-order chi connectivity index (χ0) is 22.0. The Morgan fingerprint density at radius 2 is 1.77 bits per heavy atom. The number of hydrogen-bond acceptors (Lipinski definition) is 4. The molecule has 0 radical (unpaired) electrons. The molecule has 3 atom stereocenters. The van der Waals surface area contributed by atoms with E-state index in [1.165, 1.54) is 11.3 Å². The van der Waals surface area contributed by atoms with E-state index in [2.05, 4.69) is 56.0 Å². The van der Waals surface area contributed by atoms with Gasteiger partial charge in [0, 0.05) is 36.3 Å². The van der Waals surface area contributed by atoms with Crippen molar-refractivity contribution in [3.63, 3.8) is 0 Å². The molecule has 1 saturated heterocycles. The van der Waals surface area contributed by atoms with Gasteiger partial charge in [0.2, 0.25) is 0 Å². The summed E-state index contributed by atoms with van der Waals surface area (Å²) in [5.74, 6) is 1.23. The Labute approximate surface area is 185 Å². The fourth-order valence-electron chi connectivity index (χ4n) is 4.98. The second-order valence-electron chi connectivity index (χ2n) is 8.99. The molecule has 2 aromatic carbocycles. The molecule has 0 amide bonds. The van der Waals surface area contributed by atoms with Crippen molar-refractivity contribution in [2.24, 2.45) is 5.92 Å². The van der Waals surface area contributed by atoms with Crippen molar-refractivity contribution in [2.75, 3.05) is 25.1 Å². The lowest BCUT2D eigenvalue weighted by atomic mass is 9.93. The number of aryl methyl sites for hydroxylation is 1. The summed E-state index contributed by atoms with van der Waals surface area (Å²) in [7, 11) is 1.66. The maximum atomic E-state index is 12.9. The number of allylic oxidation sites excluding steroid dienone is 2. The molecule has 0 bridgehead atoms. The van der Waals surface area contributed by atoms with E-state index in [0.29, 0.717) is 6.42 Å². The van der Waals surface area contributed by atoms with Gasteiger partial charge in [0.25, 0.3) is 0 Å². The van der Waals surface area contributed by atoms with Gasteiger partial charge in [-0.1, -0.05) is 30.3 Å². The first-order valence-electron chi connectivity index (χ1n) is 11.3. The summed E-state index contributed by atoms with van der Waals surface area (Å²) in [6.07, 6.45) is 5.26. The molecule has 164 valence electrons. The van der Waals surface area contributed by atoms with Gasteiger partial charge >= 0.3 is 0 Å². The van der Waals surface area contributed by atoms with Gasteiger partial charge in [-0.05, 0) is 68.9 Å². The third-order valence-corrected chi connectivity index (χ3v) is 6.40. The zero-order valence-electron chi connectivity index (χ0n) is 19.1. The van der Waals surface area contributed by atoms with Gasteiger partial charge in [0.15, 0.2) is 5.78 Å². The zero-order valence-corrected chi connectivity index (χ0v) is 19.1. The molecule has 4 rings (SSSR count). The lowest BCUT2D eigenvalue weighted by molar-refractivity contribution is -0.00521. The van der Waals surface area contributed by atoms with Crippen LogP contribution in [0.1, 0.15) is 55.1 Å². The molecule has 0 spiro atoms. The molecule has 1 heterocycles. The number of nitrogens with zero attached hydrogens (tertiary/aromatic N) is 1. The molecule has 0 aromatic heterocycles. The Balaban J connectivity index is 1.43. The van der Waals surface area contributed by atoms with E-state index >= 15 is 0 Å². The first-order chi connectivity index (χ1) is 14.9. The Kier molecular flexibility index (Phi) is 6.47. The third-order valence-electron chi connectivity index (χ3n) is 6.40. The minimum atomic E-state index is 0.206. The smallest absolute Gasteiger partial charge is 0.164 e. The fraction of sp³-hybridized carbons (Fsp3) is 0.444. The average Bonchev–Trinajstić information content (AvgIpc) is 2.88. The fourth-order valence-corrected chi connectivity index (χ4v) is 4.98. The minimum Gasteiger partial charge on any atom is -0.496 e. The second kappa shape index (κ2) is 9.27. The van der Waals surface area contributed by atoms with Crippen LogP contribution in [0.5, 0.6) is 5.75 Å². The molecule has 1 fully saturated rings. The van der Waals surface area contributed by atoms with Crippen molar-refractivity contribution in [3.05, 3.63) is 65.2 Å². The van der Waals surface area contributed by atoms with E-state index in [9.17, 15) is 4.79 Å². The number of carbonyl (C=O) groups is 1. The maximum Gasteiger partial charge on any atom is 0.164 e. The number of benzene rings is 2. The lowest BCUT2D eigenvalue weighted by Crippen LogP contribution is -2.45. The predicted octanol–water partition coefficient (Wildman–Crippen LogP) is 5.55. The van der Waals surface area contributed by atoms with Crippen molar-refractivity contribution < 1.29 is 14.3 Å². The second-order valence-corrected chi connectivity index (χ2v) is 8.99. The quantitative estimate of drug-likeness (QED) is 0.637. The molecule has 0 saturated carbocycles. The first kappa shape index (κ1) is 21.6. The van der Waals surface area contributed by atoms with Crippen molar-refractivity contribution in [2.45, 2.75) is 52.2 Å². The number of hydrogen-bond donors (Lipinski definition) is 0. The summed E-state index contributed by atoms with van der Waals surface area (Å²) in [5, 5.41) is 0. The average molecular weight is 420 g/mol. The van der Waals surface area contributed by atoms with E-state index in [0.717, 1.165) is 48.4 Å². The predicted molar refractivity (Wildman–Crippen MR) is 126 cm³/mol. The molecular weight excluding hydrogens is 386 g/mol. The third kappa shape index (κ3) is 4.85. The van der Waals surface area contributed by atoms with Crippen molar-refractivity contribution >= 4 is 17.0 Å². The number of carbonyl (C=O) groups excluding carboxylic acids is 1. The van der Waals surface area contributed by atoms with Crippen LogP contribution in [0.3, 0.4) is 0 Å². The van der Waals surface area contributed by atoms with Crippen LogP contribution < -0.4 is 9.64 Å². The van der Waals surface area contributed by atoms with Gasteiger partial charge in [0.05, 0.1) is 19.3 Å². The van der Waals surface area contributed by atoms with Gasteiger partial charge in [-0.15, -0.1) is 0 Å². The summed E-state index contributed by atoms with van der Waals surface area (Å²) >= 11 is 0. The Morgan fingerprint density at radius 1 is 1.06 bits per heavy atom. The first-order valence-corrected chi connectivity index (χ1v) is 11.3. The molecule has 1 aliphatic carbocycles. The molecule has 31 heavy (non-hydrogen) atoms. The lowest BCUT2D eigenvalue weighted by Gasteiger charge is -2.36. The van der Waals surface area contributed by atoms with Crippen LogP contribution in [0.15, 0.2) is 48.5 Å². The van der Waals surface area contributed by atoms with E-state index in [1.807, 2.05) is 18.2 Å². The normalized spacial score (nSPS) is 23.7. The number of anilines is 1. The largest absolute Gasteiger partial charge is 0.496 e. The van der Waals surface area contributed by atoms with Crippen LogP contribution in [0.4, 0.5) is 5.69 Å². The summed E-state index contributed by atoms with van der Waals surface area (Å²) in [4.78, 5) is 15.3. The number of ether oxygens (including phenoxy) is 2. The summed E-state index contributed by atoms with van der Waals surface area (Å²) in [6, 6.07) is 14.7. The van der Waals surface area contributed by atoms with Crippen LogP contribution in [-0.2, 0) is 11.2 Å². The van der Waals surface area contributed by atoms with Crippen molar-refractivity contribution in [1.82, 2.24) is 0 Å². The van der Waals surface area contributed by atoms with Crippen LogP contribution >= 0.6 is 0 Å². The summed E-state index contributed by atoms with van der Waals surface area (Å²) in [5.41, 5.74) is 5.45. The molecule has 4 heteroatoms. The highest BCUT2D eigenvalue weighted by Crippen LogP contribution is 2.35. The Morgan fingerprint density at radius 3 is 2.45 bits per heavy atom. The number of morpholine rings is 1. The summed E-state index contributed by atoms with van der Waals surface area (Å²) < 4.78 is 11.4. The number of fused-ring (bicyclic) bond motifs is 1. The molecule has 1 aliphatic heterocycles. The highest BCUT2D eigenvalue weighted by Gasteiger charge is 2.24. The Bertz CT molecular complexity index is 953. The topological polar surface area (TPSA) is 38.8 Å². The van der Waals surface area contributed by atoms with Gasteiger partial charge in [0.1, 0.15) is 5.75 Å². The monoisotopic (exact) mass is 419 g/mol. The molecule has 1 unspecified atom stereocenters.